The zero-order chi connectivity index (χ0) is 13.8. The van der Waals surface area contributed by atoms with Gasteiger partial charge in [0, 0.05) is 31.1 Å². The average molecular weight is 282 g/mol. The second kappa shape index (κ2) is 6.10. The lowest BCUT2D eigenvalue weighted by Gasteiger charge is -2.28. The first kappa shape index (κ1) is 13.9. The first-order valence-electron chi connectivity index (χ1n) is 6.38. The van der Waals surface area contributed by atoms with Crippen molar-refractivity contribution in [2.75, 3.05) is 17.7 Å². The van der Waals surface area contributed by atoms with Crippen molar-refractivity contribution in [3.05, 3.63) is 11.8 Å². The van der Waals surface area contributed by atoms with Crippen LogP contribution in [0.4, 0.5) is 10.6 Å². The molecule has 2 rings (SSSR count). The van der Waals surface area contributed by atoms with Gasteiger partial charge in [-0.25, -0.2) is 14.8 Å². The Morgan fingerprint density at radius 1 is 1.47 bits per heavy atom. The zero-order valence-electron chi connectivity index (χ0n) is 11.2. The lowest BCUT2D eigenvalue weighted by molar-refractivity contribution is 0.244. The van der Waals surface area contributed by atoms with E-state index in [0.29, 0.717) is 18.9 Å². The second-order valence-electron chi connectivity index (χ2n) is 4.47. The van der Waals surface area contributed by atoms with Crippen LogP contribution in [-0.4, -0.2) is 33.0 Å². The van der Waals surface area contributed by atoms with Gasteiger partial charge < -0.3 is 5.32 Å². The van der Waals surface area contributed by atoms with E-state index in [1.165, 1.54) is 6.26 Å². The number of carbonyl (C=O) groups excluding carboxylic acids is 1. The van der Waals surface area contributed by atoms with E-state index in [1.54, 1.807) is 11.1 Å². The molecule has 1 aromatic rings. The fraction of sp³-hybridized carbons (Fsp3) is 0.583. The molecule has 1 aromatic heterocycles. The Hall–Kier alpha value is -1.50. The van der Waals surface area contributed by atoms with Crippen molar-refractivity contribution >= 4 is 22.6 Å². The van der Waals surface area contributed by atoms with Gasteiger partial charge in [-0.05, 0) is 6.42 Å². The minimum absolute atomic E-state index is 0.143. The van der Waals surface area contributed by atoms with E-state index in [0.717, 1.165) is 24.8 Å². The summed E-state index contributed by atoms with van der Waals surface area (Å²) in [5.74, 6) is 0.597. The van der Waals surface area contributed by atoms with Gasteiger partial charge in [0.25, 0.3) is 0 Å². The van der Waals surface area contributed by atoms with Crippen molar-refractivity contribution in [3.8, 4) is 0 Å². The van der Waals surface area contributed by atoms with Crippen molar-refractivity contribution in [2.45, 2.75) is 37.9 Å². The molecule has 0 spiro atoms. The highest BCUT2D eigenvalue weighted by Gasteiger charge is 2.25. The summed E-state index contributed by atoms with van der Waals surface area (Å²) in [5, 5.41) is 3.07. The fourth-order valence-electron chi connectivity index (χ4n) is 1.97. The number of carbonyl (C=O) groups is 1. The van der Waals surface area contributed by atoms with Crippen LogP contribution in [0.15, 0.2) is 11.4 Å². The van der Waals surface area contributed by atoms with Gasteiger partial charge in [-0.3, -0.25) is 9.11 Å². The van der Waals surface area contributed by atoms with Crippen molar-refractivity contribution < 1.29 is 9.00 Å². The van der Waals surface area contributed by atoms with E-state index in [9.17, 15) is 9.00 Å². The first-order valence-corrected chi connectivity index (χ1v) is 7.94. The Balaban J connectivity index is 2.27. The number of nitrogens with zero attached hydrogens (tertiary/aromatic N) is 3. The third-order valence-corrected chi connectivity index (χ3v) is 3.70. The number of aromatic nitrogens is 2. The molecule has 1 aliphatic heterocycles. The summed E-state index contributed by atoms with van der Waals surface area (Å²) in [6, 6.07) is -0.143. The van der Waals surface area contributed by atoms with Gasteiger partial charge in [-0.15, -0.1) is 0 Å². The minimum atomic E-state index is -1.24. The van der Waals surface area contributed by atoms with Crippen LogP contribution < -0.4 is 10.2 Å². The van der Waals surface area contributed by atoms with Crippen molar-refractivity contribution in [1.29, 1.82) is 0 Å². The Morgan fingerprint density at radius 2 is 2.26 bits per heavy atom. The molecule has 0 radical (unpaired) electrons. The third kappa shape index (κ3) is 3.09. The molecule has 1 N–H and O–H groups in total. The molecule has 0 saturated heterocycles. The molecule has 7 heteroatoms. The Morgan fingerprint density at radius 3 is 2.95 bits per heavy atom. The van der Waals surface area contributed by atoms with Crippen molar-refractivity contribution in [2.24, 2.45) is 0 Å². The number of fused-ring (bicyclic) bond motifs is 1. The number of anilines is 1. The maximum absolute atomic E-state index is 11.9. The molecule has 0 saturated carbocycles. The third-order valence-electron chi connectivity index (χ3n) is 2.99. The van der Waals surface area contributed by atoms with Crippen LogP contribution in [0, 0.1) is 0 Å². The van der Waals surface area contributed by atoms with Gasteiger partial charge >= 0.3 is 6.03 Å². The molecule has 2 heterocycles. The topological polar surface area (TPSA) is 75.2 Å². The predicted molar refractivity (Wildman–Crippen MR) is 73.5 cm³/mol. The van der Waals surface area contributed by atoms with E-state index < -0.39 is 10.8 Å². The van der Waals surface area contributed by atoms with Gasteiger partial charge in [0.2, 0.25) is 5.16 Å². The second-order valence-corrected chi connectivity index (χ2v) is 5.75. The normalized spacial score (nSPS) is 15.9. The molecule has 1 aliphatic rings. The molecule has 19 heavy (non-hydrogen) atoms. The van der Waals surface area contributed by atoms with E-state index in [2.05, 4.69) is 22.2 Å². The van der Waals surface area contributed by atoms with Crippen LogP contribution >= 0.6 is 0 Å². The number of urea groups is 1. The monoisotopic (exact) mass is 282 g/mol. The molecule has 0 fully saturated rings. The lowest BCUT2D eigenvalue weighted by Crippen LogP contribution is -2.45. The molecule has 0 aromatic carbocycles. The molecule has 104 valence electrons. The van der Waals surface area contributed by atoms with Gasteiger partial charge in [-0.1, -0.05) is 19.8 Å². The van der Waals surface area contributed by atoms with Gasteiger partial charge in [0.1, 0.15) is 5.82 Å². The smallest absolute Gasteiger partial charge is 0.323 e. The summed E-state index contributed by atoms with van der Waals surface area (Å²) in [6.45, 7) is 3.17. The number of amides is 2. The van der Waals surface area contributed by atoms with E-state index in [1.807, 2.05) is 0 Å². The Bertz CT molecular complexity index is 507. The van der Waals surface area contributed by atoms with Gasteiger partial charge in [0.05, 0.1) is 10.8 Å². The maximum Gasteiger partial charge on any atom is 0.323 e. The molecule has 2 amide bonds. The highest BCUT2D eigenvalue weighted by Crippen LogP contribution is 2.22. The SMILES string of the molecule is CCCCCN1C(=O)NCc2cnc(S(C)=O)nc21. The minimum Gasteiger partial charge on any atom is -0.333 e. The van der Waals surface area contributed by atoms with Crippen LogP contribution in [-0.2, 0) is 17.3 Å². The molecule has 0 bridgehead atoms. The van der Waals surface area contributed by atoms with E-state index in [-0.39, 0.29) is 11.2 Å². The Labute approximate surface area is 115 Å². The molecular weight excluding hydrogens is 264 g/mol. The molecule has 1 unspecified atom stereocenters. The fourth-order valence-corrected chi connectivity index (χ4v) is 2.39. The summed E-state index contributed by atoms with van der Waals surface area (Å²) in [5.41, 5.74) is 0.866. The average Bonchev–Trinajstić information content (AvgIpc) is 2.40. The van der Waals surface area contributed by atoms with Crippen LogP contribution in [0.1, 0.15) is 31.7 Å². The summed E-state index contributed by atoms with van der Waals surface area (Å²) in [7, 11) is -1.24. The predicted octanol–water partition coefficient (Wildman–Crippen LogP) is 1.43. The lowest BCUT2D eigenvalue weighted by atomic mass is 10.2. The summed E-state index contributed by atoms with van der Waals surface area (Å²) < 4.78 is 11.4. The number of nitrogens with one attached hydrogen (secondary N) is 1. The van der Waals surface area contributed by atoms with Gasteiger partial charge in [0.15, 0.2) is 0 Å². The summed E-state index contributed by atoms with van der Waals surface area (Å²) in [4.78, 5) is 21.9. The highest BCUT2D eigenvalue weighted by atomic mass is 32.2. The van der Waals surface area contributed by atoms with Gasteiger partial charge in [-0.2, -0.15) is 0 Å². The number of hydrogen-bond acceptors (Lipinski definition) is 4. The standard InChI is InChI=1S/C12H18N4O2S/c1-3-4-5-6-16-10-9(8-14-12(16)17)7-13-11(15-10)19(2)18/h7H,3-6,8H2,1-2H3,(H,14,17). The quantitative estimate of drug-likeness (QED) is 0.655. The first-order chi connectivity index (χ1) is 9.13. The molecule has 1 atom stereocenters. The van der Waals surface area contributed by atoms with Crippen molar-refractivity contribution in [3.63, 3.8) is 0 Å². The summed E-state index contributed by atoms with van der Waals surface area (Å²) in [6.07, 6.45) is 6.27. The largest absolute Gasteiger partial charge is 0.333 e. The van der Waals surface area contributed by atoms with E-state index in [4.69, 9.17) is 0 Å². The summed E-state index contributed by atoms with van der Waals surface area (Å²) >= 11 is 0. The molecular formula is C12H18N4O2S. The maximum atomic E-state index is 11.9. The van der Waals surface area contributed by atoms with Crippen LogP contribution in [0.3, 0.4) is 0 Å². The zero-order valence-corrected chi connectivity index (χ0v) is 12.0. The Kier molecular flexibility index (Phi) is 4.47. The number of unbranched alkanes of at least 4 members (excludes halogenated alkanes) is 2. The van der Waals surface area contributed by atoms with Crippen LogP contribution in [0.5, 0.6) is 0 Å². The van der Waals surface area contributed by atoms with Crippen molar-refractivity contribution in [1.82, 2.24) is 15.3 Å². The molecule has 6 nitrogen and oxygen atoms in total. The van der Waals surface area contributed by atoms with Crippen LogP contribution in [0.2, 0.25) is 0 Å². The molecule has 0 aliphatic carbocycles. The number of hydrogen-bond donors (Lipinski definition) is 1. The van der Waals surface area contributed by atoms with Crippen LogP contribution in [0.25, 0.3) is 0 Å². The van der Waals surface area contributed by atoms with E-state index >= 15 is 0 Å². The number of rotatable bonds is 5. The highest BCUT2D eigenvalue weighted by molar-refractivity contribution is 7.84.